The summed E-state index contributed by atoms with van der Waals surface area (Å²) in [5.41, 5.74) is 0.877. The first kappa shape index (κ1) is 11.4. The fourth-order valence-corrected chi connectivity index (χ4v) is 1.98. The summed E-state index contributed by atoms with van der Waals surface area (Å²) in [6.07, 6.45) is 0.617. The predicted octanol–water partition coefficient (Wildman–Crippen LogP) is 1.51. The van der Waals surface area contributed by atoms with Gasteiger partial charge in [0, 0.05) is 30.9 Å². The molecule has 1 aliphatic heterocycles. The van der Waals surface area contributed by atoms with E-state index in [0.29, 0.717) is 19.5 Å². The van der Waals surface area contributed by atoms with Gasteiger partial charge in [-0.3, -0.25) is 14.9 Å². The first-order chi connectivity index (χ1) is 8.08. The van der Waals surface area contributed by atoms with Crippen molar-refractivity contribution in [2.24, 2.45) is 5.92 Å². The van der Waals surface area contributed by atoms with Crippen LogP contribution < -0.4 is 4.90 Å². The van der Waals surface area contributed by atoms with E-state index in [1.807, 2.05) is 4.90 Å². The number of carboxylic acid groups (broad SMARTS) is 1. The lowest BCUT2D eigenvalue weighted by atomic mass is 10.1. The standard InChI is InChI=1S/C11H12N2O4/c14-11(15)8-5-6-12(7-8)9-1-3-10(4-2-9)13(16)17/h1-4,8H,5-7H2,(H,14,15). The summed E-state index contributed by atoms with van der Waals surface area (Å²) in [7, 11) is 0. The van der Waals surface area contributed by atoms with E-state index in [4.69, 9.17) is 5.11 Å². The van der Waals surface area contributed by atoms with Gasteiger partial charge in [0.25, 0.3) is 5.69 Å². The predicted molar refractivity (Wildman–Crippen MR) is 61.1 cm³/mol. The lowest BCUT2D eigenvalue weighted by Crippen LogP contribution is -2.22. The average Bonchev–Trinajstić information content (AvgIpc) is 2.78. The Balaban J connectivity index is 2.09. The van der Waals surface area contributed by atoms with Crippen LogP contribution in [0.4, 0.5) is 11.4 Å². The monoisotopic (exact) mass is 236 g/mol. The van der Waals surface area contributed by atoms with Crippen LogP contribution in [0.2, 0.25) is 0 Å². The molecule has 1 heterocycles. The van der Waals surface area contributed by atoms with Crippen molar-refractivity contribution in [1.29, 1.82) is 0 Å². The normalized spacial score (nSPS) is 19.3. The SMILES string of the molecule is O=C(O)C1CCN(c2ccc([N+](=O)[O-])cc2)C1. The highest BCUT2D eigenvalue weighted by atomic mass is 16.6. The second kappa shape index (κ2) is 4.40. The van der Waals surface area contributed by atoms with Gasteiger partial charge in [-0.25, -0.2) is 0 Å². The van der Waals surface area contributed by atoms with Crippen LogP contribution in [0.15, 0.2) is 24.3 Å². The smallest absolute Gasteiger partial charge is 0.308 e. The Kier molecular flexibility index (Phi) is 2.95. The maximum Gasteiger partial charge on any atom is 0.308 e. The Morgan fingerprint density at radius 2 is 2.06 bits per heavy atom. The minimum absolute atomic E-state index is 0.0442. The minimum atomic E-state index is -0.783. The molecule has 1 saturated heterocycles. The Morgan fingerprint density at radius 3 is 2.53 bits per heavy atom. The summed E-state index contributed by atoms with van der Waals surface area (Å²) in [6, 6.07) is 6.18. The second-order valence-electron chi connectivity index (χ2n) is 4.04. The molecule has 90 valence electrons. The number of hydrogen-bond acceptors (Lipinski definition) is 4. The van der Waals surface area contributed by atoms with Crippen molar-refractivity contribution in [2.45, 2.75) is 6.42 Å². The number of carbonyl (C=O) groups is 1. The highest BCUT2D eigenvalue weighted by molar-refractivity contribution is 5.72. The van der Waals surface area contributed by atoms with Crippen molar-refractivity contribution >= 4 is 17.3 Å². The molecule has 6 nitrogen and oxygen atoms in total. The van der Waals surface area contributed by atoms with Crippen LogP contribution in [0.1, 0.15) is 6.42 Å². The van der Waals surface area contributed by atoms with Crippen molar-refractivity contribution in [3.63, 3.8) is 0 Å². The third kappa shape index (κ3) is 2.35. The number of hydrogen-bond donors (Lipinski definition) is 1. The van der Waals surface area contributed by atoms with Gasteiger partial charge in [0.1, 0.15) is 0 Å². The van der Waals surface area contributed by atoms with Gasteiger partial charge in [-0.15, -0.1) is 0 Å². The number of anilines is 1. The van der Waals surface area contributed by atoms with Crippen molar-refractivity contribution in [3.8, 4) is 0 Å². The first-order valence-electron chi connectivity index (χ1n) is 5.30. The van der Waals surface area contributed by atoms with Crippen LogP contribution in [0.25, 0.3) is 0 Å². The maximum atomic E-state index is 10.8. The zero-order chi connectivity index (χ0) is 12.4. The zero-order valence-corrected chi connectivity index (χ0v) is 9.07. The van der Waals surface area contributed by atoms with Crippen molar-refractivity contribution < 1.29 is 14.8 Å². The third-order valence-electron chi connectivity index (χ3n) is 2.96. The van der Waals surface area contributed by atoms with Crippen LogP contribution >= 0.6 is 0 Å². The summed E-state index contributed by atoms with van der Waals surface area (Å²) >= 11 is 0. The summed E-state index contributed by atoms with van der Waals surface area (Å²) in [4.78, 5) is 22.8. The van der Waals surface area contributed by atoms with Gasteiger partial charge in [-0.05, 0) is 18.6 Å². The minimum Gasteiger partial charge on any atom is -0.481 e. The maximum absolute atomic E-state index is 10.8. The Morgan fingerprint density at radius 1 is 1.41 bits per heavy atom. The molecular formula is C11H12N2O4. The fraction of sp³-hybridized carbons (Fsp3) is 0.364. The van der Waals surface area contributed by atoms with Crippen molar-refractivity contribution in [2.75, 3.05) is 18.0 Å². The van der Waals surface area contributed by atoms with Gasteiger partial charge in [0.05, 0.1) is 10.8 Å². The quantitative estimate of drug-likeness (QED) is 0.635. The zero-order valence-electron chi connectivity index (χ0n) is 9.07. The molecule has 1 aromatic carbocycles. The highest BCUT2D eigenvalue weighted by Crippen LogP contribution is 2.25. The lowest BCUT2D eigenvalue weighted by molar-refractivity contribution is -0.384. The van der Waals surface area contributed by atoms with E-state index in [9.17, 15) is 14.9 Å². The van der Waals surface area contributed by atoms with Crippen LogP contribution in [0, 0.1) is 16.0 Å². The highest BCUT2D eigenvalue weighted by Gasteiger charge is 2.28. The molecule has 0 aliphatic carbocycles. The number of nitro benzene ring substituents is 1. The van der Waals surface area contributed by atoms with E-state index in [0.717, 1.165) is 5.69 Å². The van der Waals surface area contributed by atoms with E-state index in [-0.39, 0.29) is 11.6 Å². The number of carboxylic acids is 1. The van der Waals surface area contributed by atoms with Crippen LogP contribution in [0.5, 0.6) is 0 Å². The summed E-state index contributed by atoms with van der Waals surface area (Å²) < 4.78 is 0. The summed E-state index contributed by atoms with van der Waals surface area (Å²) in [6.45, 7) is 1.14. The molecule has 1 atom stereocenters. The molecule has 6 heteroatoms. The third-order valence-corrected chi connectivity index (χ3v) is 2.96. The van der Waals surface area contributed by atoms with Crippen molar-refractivity contribution in [3.05, 3.63) is 34.4 Å². The van der Waals surface area contributed by atoms with E-state index in [1.165, 1.54) is 12.1 Å². The van der Waals surface area contributed by atoms with E-state index < -0.39 is 10.9 Å². The fourth-order valence-electron chi connectivity index (χ4n) is 1.98. The number of non-ortho nitro benzene ring substituents is 1. The number of benzene rings is 1. The topological polar surface area (TPSA) is 83.7 Å². The van der Waals surface area contributed by atoms with Crippen LogP contribution in [-0.4, -0.2) is 29.1 Å². The molecule has 17 heavy (non-hydrogen) atoms. The van der Waals surface area contributed by atoms with Crippen LogP contribution in [-0.2, 0) is 4.79 Å². The Hall–Kier alpha value is -2.11. The average molecular weight is 236 g/mol. The first-order valence-corrected chi connectivity index (χ1v) is 5.30. The van der Waals surface area contributed by atoms with E-state index in [2.05, 4.69) is 0 Å². The lowest BCUT2D eigenvalue weighted by Gasteiger charge is -2.17. The largest absolute Gasteiger partial charge is 0.481 e. The molecule has 1 unspecified atom stereocenters. The Bertz CT molecular complexity index is 443. The van der Waals surface area contributed by atoms with Gasteiger partial charge in [-0.2, -0.15) is 0 Å². The van der Waals surface area contributed by atoms with E-state index >= 15 is 0 Å². The van der Waals surface area contributed by atoms with Gasteiger partial charge >= 0.3 is 5.97 Å². The molecule has 1 N–H and O–H groups in total. The van der Waals surface area contributed by atoms with Gasteiger partial charge in [0.15, 0.2) is 0 Å². The van der Waals surface area contributed by atoms with Gasteiger partial charge in [0.2, 0.25) is 0 Å². The molecule has 1 fully saturated rings. The summed E-state index contributed by atoms with van der Waals surface area (Å²) in [5, 5.41) is 19.4. The molecule has 0 aromatic heterocycles. The van der Waals surface area contributed by atoms with Gasteiger partial charge in [-0.1, -0.05) is 0 Å². The number of nitrogens with zero attached hydrogens (tertiary/aromatic N) is 2. The number of rotatable bonds is 3. The molecule has 0 spiro atoms. The molecule has 0 saturated carbocycles. The summed E-state index contributed by atoms with van der Waals surface area (Å²) in [5.74, 6) is -1.13. The Labute approximate surface area is 97.6 Å². The molecule has 1 aliphatic rings. The molecule has 0 bridgehead atoms. The molecule has 0 radical (unpaired) electrons. The number of nitro groups is 1. The molecule has 1 aromatic rings. The molecule has 0 amide bonds. The molecule has 2 rings (SSSR count). The molecular weight excluding hydrogens is 224 g/mol. The van der Waals surface area contributed by atoms with E-state index in [1.54, 1.807) is 12.1 Å². The van der Waals surface area contributed by atoms with Crippen LogP contribution in [0.3, 0.4) is 0 Å². The van der Waals surface area contributed by atoms with Crippen molar-refractivity contribution in [1.82, 2.24) is 0 Å². The number of aliphatic carboxylic acids is 1. The van der Waals surface area contributed by atoms with Gasteiger partial charge < -0.3 is 10.0 Å². The second-order valence-corrected chi connectivity index (χ2v) is 4.04.